The van der Waals surface area contributed by atoms with Gasteiger partial charge in [0.2, 0.25) is 5.91 Å². The highest BCUT2D eigenvalue weighted by Crippen LogP contribution is 2.24. The van der Waals surface area contributed by atoms with E-state index in [0.717, 1.165) is 51.6 Å². The summed E-state index contributed by atoms with van der Waals surface area (Å²) in [6.45, 7) is 14.2. The summed E-state index contributed by atoms with van der Waals surface area (Å²) in [7, 11) is 0. The molecule has 116 valence electrons. The molecule has 2 saturated heterocycles. The Bertz CT molecular complexity index is 340. The van der Waals surface area contributed by atoms with Crippen LogP contribution < -0.4 is 0 Å². The maximum atomic E-state index is 12.1. The van der Waals surface area contributed by atoms with Crippen LogP contribution in [0.2, 0.25) is 0 Å². The van der Waals surface area contributed by atoms with E-state index in [1.807, 2.05) is 4.90 Å². The summed E-state index contributed by atoms with van der Waals surface area (Å²) >= 11 is 4.34. The quantitative estimate of drug-likeness (QED) is 0.772. The summed E-state index contributed by atoms with van der Waals surface area (Å²) in [5.41, 5.74) is 0.0704. The van der Waals surface area contributed by atoms with E-state index >= 15 is 0 Å². The molecule has 2 aliphatic heterocycles. The monoisotopic (exact) mass is 299 g/mol. The lowest BCUT2D eigenvalue weighted by molar-refractivity contribution is -0.129. The highest BCUT2D eigenvalue weighted by atomic mass is 32.1. The van der Waals surface area contributed by atoms with Crippen LogP contribution in [0.1, 0.15) is 27.2 Å². The third kappa shape index (κ3) is 3.68. The van der Waals surface area contributed by atoms with E-state index in [4.69, 9.17) is 0 Å². The smallest absolute Gasteiger partial charge is 0.223 e. The van der Waals surface area contributed by atoms with Crippen LogP contribution in [-0.2, 0) is 4.79 Å². The van der Waals surface area contributed by atoms with Gasteiger partial charge in [0, 0.05) is 51.2 Å². The van der Waals surface area contributed by atoms with Crippen LogP contribution in [0.4, 0.5) is 0 Å². The number of rotatable bonds is 5. The highest BCUT2D eigenvalue weighted by Gasteiger charge is 2.36. The molecule has 0 aromatic rings. The molecule has 0 aliphatic carbocycles. The van der Waals surface area contributed by atoms with E-state index in [0.29, 0.717) is 18.2 Å². The van der Waals surface area contributed by atoms with Gasteiger partial charge in [-0.15, -0.1) is 0 Å². The maximum Gasteiger partial charge on any atom is 0.223 e. The molecule has 0 bridgehead atoms. The maximum absolute atomic E-state index is 12.1. The number of piperazine rings is 1. The zero-order chi connectivity index (χ0) is 14.8. The van der Waals surface area contributed by atoms with Crippen molar-refractivity contribution >= 4 is 18.5 Å². The van der Waals surface area contributed by atoms with Crippen molar-refractivity contribution in [1.29, 1.82) is 0 Å². The van der Waals surface area contributed by atoms with E-state index in [-0.39, 0.29) is 5.54 Å². The second kappa shape index (κ2) is 6.67. The normalized spacial score (nSPS) is 26.5. The average molecular weight is 299 g/mol. The van der Waals surface area contributed by atoms with Crippen LogP contribution in [0.3, 0.4) is 0 Å². The first kappa shape index (κ1) is 16.1. The van der Waals surface area contributed by atoms with Crippen LogP contribution in [0.25, 0.3) is 0 Å². The van der Waals surface area contributed by atoms with E-state index in [2.05, 4.69) is 43.2 Å². The van der Waals surface area contributed by atoms with Crippen molar-refractivity contribution in [1.82, 2.24) is 14.7 Å². The molecule has 2 heterocycles. The van der Waals surface area contributed by atoms with Crippen LogP contribution in [0.15, 0.2) is 0 Å². The largest absolute Gasteiger partial charge is 0.341 e. The highest BCUT2D eigenvalue weighted by molar-refractivity contribution is 7.80. The number of likely N-dealkylation sites (N-methyl/N-ethyl adjacent to an activating group) is 1. The molecule has 20 heavy (non-hydrogen) atoms. The van der Waals surface area contributed by atoms with Crippen molar-refractivity contribution in [2.75, 3.05) is 51.6 Å². The molecule has 0 aromatic heterocycles. The molecular weight excluding hydrogens is 270 g/mol. The van der Waals surface area contributed by atoms with Crippen molar-refractivity contribution < 1.29 is 4.79 Å². The molecule has 1 amide bonds. The van der Waals surface area contributed by atoms with Gasteiger partial charge in [-0.3, -0.25) is 9.69 Å². The standard InChI is InChI=1S/C15H29N3OS/c1-4-16-5-7-18(8-6-16)15(2,3)12-17-10-13(11-20)9-14(17)19/h13,20H,4-12H2,1-3H3. The second-order valence-electron chi connectivity index (χ2n) is 6.76. The summed E-state index contributed by atoms with van der Waals surface area (Å²) in [6, 6.07) is 0. The van der Waals surface area contributed by atoms with Crippen LogP contribution in [-0.4, -0.2) is 77.7 Å². The van der Waals surface area contributed by atoms with Gasteiger partial charge in [0.15, 0.2) is 0 Å². The molecule has 0 spiro atoms. The lowest BCUT2D eigenvalue weighted by Crippen LogP contribution is -2.58. The molecule has 0 aromatic carbocycles. The Hall–Kier alpha value is -0.260. The fourth-order valence-electron chi connectivity index (χ4n) is 3.37. The molecule has 0 saturated carbocycles. The Morgan fingerprint density at radius 1 is 1.25 bits per heavy atom. The molecule has 0 N–H and O–H groups in total. The van der Waals surface area contributed by atoms with Gasteiger partial charge >= 0.3 is 0 Å². The van der Waals surface area contributed by atoms with Gasteiger partial charge in [0.1, 0.15) is 0 Å². The molecule has 2 rings (SSSR count). The summed E-state index contributed by atoms with van der Waals surface area (Å²) < 4.78 is 0. The molecule has 1 atom stereocenters. The second-order valence-corrected chi connectivity index (χ2v) is 7.13. The Labute approximate surface area is 128 Å². The molecule has 4 nitrogen and oxygen atoms in total. The van der Waals surface area contributed by atoms with Crippen LogP contribution in [0, 0.1) is 5.92 Å². The third-order valence-electron chi connectivity index (χ3n) is 4.81. The molecule has 1 unspecified atom stereocenters. The van der Waals surface area contributed by atoms with Crippen molar-refractivity contribution in [3.05, 3.63) is 0 Å². The number of amides is 1. The van der Waals surface area contributed by atoms with E-state index in [1.165, 1.54) is 0 Å². The number of hydrogen-bond acceptors (Lipinski definition) is 4. The first-order chi connectivity index (χ1) is 9.46. The van der Waals surface area contributed by atoms with Gasteiger partial charge in [-0.25, -0.2) is 0 Å². The predicted octanol–water partition coefficient (Wildman–Crippen LogP) is 1.18. The van der Waals surface area contributed by atoms with Gasteiger partial charge in [-0.2, -0.15) is 12.6 Å². The summed E-state index contributed by atoms with van der Waals surface area (Å²) in [4.78, 5) is 19.1. The fraction of sp³-hybridized carbons (Fsp3) is 0.933. The topological polar surface area (TPSA) is 26.8 Å². The van der Waals surface area contributed by atoms with Crippen molar-refractivity contribution in [2.24, 2.45) is 5.92 Å². The van der Waals surface area contributed by atoms with Crippen molar-refractivity contribution in [3.8, 4) is 0 Å². The molecule has 0 radical (unpaired) electrons. The Morgan fingerprint density at radius 3 is 2.40 bits per heavy atom. The van der Waals surface area contributed by atoms with Gasteiger partial charge in [0.25, 0.3) is 0 Å². The summed E-state index contributed by atoms with van der Waals surface area (Å²) in [6.07, 6.45) is 0.684. The minimum absolute atomic E-state index is 0.0704. The van der Waals surface area contributed by atoms with E-state index in [1.54, 1.807) is 0 Å². The van der Waals surface area contributed by atoms with Crippen molar-refractivity contribution in [3.63, 3.8) is 0 Å². The molecular formula is C15H29N3OS. The minimum Gasteiger partial charge on any atom is -0.341 e. The zero-order valence-corrected chi connectivity index (χ0v) is 14.0. The van der Waals surface area contributed by atoms with Crippen LogP contribution in [0.5, 0.6) is 0 Å². The Kier molecular flexibility index (Phi) is 5.37. The lowest BCUT2D eigenvalue weighted by atomic mass is 10.0. The van der Waals surface area contributed by atoms with Gasteiger partial charge in [-0.05, 0) is 32.1 Å². The number of likely N-dealkylation sites (tertiary alicyclic amines) is 1. The summed E-state index contributed by atoms with van der Waals surface area (Å²) in [5.74, 6) is 1.57. The van der Waals surface area contributed by atoms with E-state index in [9.17, 15) is 4.79 Å². The SMILES string of the molecule is CCN1CCN(C(C)(C)CN2CC(CS)CC2=O)CC1. The van der Waals surface area contributed by atoms with Crippen LogP contribution >= 0.6 is 12.6 Å². The first-order valence-electron chi connectivity index (χ1n) is 7.82. The summed E-state index contributed by atoms with van der Waals surface area (Å²) in [5, 5.41) is 0. The predicted molar refractivity (Wildman–Crippen MR) is 86.3 cm³/mol. The first-order valence-corrected chi connectivity index (χ1v) is 8.45. The number of thiol groups is 1. The minimum atomic E-state index is 0.0704. The van der Waals surface area contributed by atoms with Gasteiger partial charge < -0.3 is 9.80 Å². The third-order valence-corrected chi connectivity index (χ3v) is 5.32. The molecule has 5 heteroatoms. The van der Waals surface area contributed by atoms with E-state index < -0.39 is 0 Å². The Balaban J connectivity index is 1.89. The van der Waals surface area contributed by atoms with Gasteiger partial charge in [-0.1, -0.05) is 6.92 Å². The Morgan fingerprint density at radius 2 is 1.90 bits per heavy atom. The fourth-order valence-corrected chi connectivity index (χ4v) is 3.61. The molecule has 2 fully saturated rings. The van der Waals surface area contributed by atoms with Crippen molar-refractivity contribution in [2.45, 2.75) is 32.7 Å². The number of nitrogens with zero attached hydrogens (tertiary/aromatic N) is 3. The number of hydrogen-bond donors (Lipinski definition) is 1. The molecule has 2 aliphatic rings. The van der Waals surface area contributed by atoms with Gasteiger partial charge in [0.05, 0.1) is 0 Å². The number of carbonyl (C=O) groups excluding carboxylic acids is 1. The number of carbonyl (C=O) groups is 1. The lowest BCUT2D eigenvalue weighted by Gasteiger charge is -2.45. The average Bonchev–Trinajstić information content (AvgIpc) is 2.79. The zero-order valence-electron chi connectivity index (χ0n) is 13.1.